The number of carbonyl (C=O) groups is 2. The fourth-order valence-corrected chi connectivity index (χ4v) is 3.16. The maximum atomic E-state index is 12.7. The lowest BCUT2D eigenvalue weighted by molar-refractivity contribution is -0.125. The van der Waals surface area contributed by atoms with Crippen LogP contribution in [-0.2, 0) is 21.5 Å². The van der Waals surface area contributed by atoms with E-state index in [1.54, 1.807) is 4.90 Å². The molecule has 24 heavy (non-hydrogen) atoms. The first-order valence-electron chi connectivity index (χ1n) is 8.14. The van der Waals surface area contributed by atoms with Crippen LogP contribution in [0.4, 0.5) is 5.69 Å². The minimum atomic E-state index is -0.590. The zero-order valence-corrected chi connectivity index (χ0v) is 14.3. The van der Waals surface area contributed by atoms with Crippen molar-refractivity contribution in [3.8, 4) is 0 Å². The minimum absolute atomic E-state index is 0.0326. The van der Waals surface area contributed by atoms with Gasteiger partial charge in [-0.25, -0.2) is 0 Å². The number of aryl methyl sites for hydroxylation is 1. The summed E-state index contributed by atoms with van der Waals surface area (Å²) in [5.41, 5.74) is 3.44. The molecule has 0 aliphatic carbocycles. The summed E-state index contributed by atoms with van der Waals surface area (Å²) in [5, 5.41) is 2.91. The molecular formula is C20H22N2O2. The number of hydrogen-bond donors (Lipinski definition) is 1. The van der Waals surface area contributed by atoms with Crippen molar-refractivity contribution in [1.82, 2.24) is 5.32 Å². The first-order valence-corrected chi connectivity index (χ1v) is 8.14. The van der Waals surface area contributed by atoms with Gasteiger partial charge in [-0.05, 0) is 43.5 Å². The maximum absolute atomic E-state index is 12.7. The number of anilines is 1. The van der Waals surface area contributed by atoms with E-state index in [0.29, 0.717) is 6.54 Å². The number of nitrogens with one attached hydrogen (secondary N) is 1. The third-order valence-corrected chi connectivity index (χ3v) is 4.69. The number of rotatable bonds is 4. The molecule has 4 nitrogen and oxygen atoms in total. The maximum Gasteiger partial charge on any atom is 0.240 e. The van der Waals surface area contributed by atoms with Crippen LogP contribution in [0.2, 0.25) is 0 Å². The molecule has 1 aliphatic rings. The highest BCUT2D eigenvalue weighted by molar-refractivity contribution is 6.10. The van der Waals surface area contributed by atoms with Crippen LogP contribution < -0.4 is 10.2 Å². The second-order valence-electron chi connectivity index (χ2n) is 6.74. The minimum Gasteiger partial charge on any atom is -0.350 e. The highest BCUT2D eigenvalue weighted by Gasteiger charge is 2.43. The molecule has 0 bridgehead atoms. The number of benzene rings is 2. The highest BCUT2D eigenvalue weighted by atomic mass is 16.2. The molecule has 2 aromatic carbocycles. The largest absolute Gasteiger partial charge is 0.350 e. The molecule has 124 valence electrons. The highest BCUT2D eigenvalue weighted by Crippen LogP contribution is 2.40. The molecule has 0 atom stereocenters. The van der Waals surface area contributed by atoms with Gasteiger partial charge in [0.25, 0.3) is 0 Å². The number of carbonyl (C=O) groups excluding carboxylic acids is 2. The Morgan fingerprint density at radius 2 is 1.75 bits per heavy atom. The zero-order chi connectivity index (χ0) is 17.3. The van der Waals surface area contributed by atoms with Crippen molar-refractivity contribution in [2.45, 2.75) is 32.7 Å². The molecule has 1 heterocycles. The summed E-state index contributed by atoms with van der Waals surface area (Å²) in [4.78, 5) is 26.6. The Morgan fingerprint density at radius 1 is 1.08 bits per heavy atom. The van der Waals surface area contributed by atoms with Crippen LogP contribution in [0.5, 0.6) is 0 Å². The molecule has 1 aliphatic heterocycles. The number of amides is 2. The van der Waals surface area contributed by atoms with Crippen LogP contribution in [0.15, 0.2) is 48.5 Å². The lowest BCUT2D eigenvalue weighted by Gasteiger charge is -2.20. The van der Waals surface area contributed by atoms with Gasteiger partial charge in [0.05, 0.1) is 5.41 Å². The van der Waals surface area contributed by atoms with E-state index in [1.165, 1.54) is 0 Å². The molecule has 2 aromatic rings. The quantitative estimate of drug-likeness (QED) is 0.941. The van der Waals surface area contributed by atoms with Crippen molar-refractivity contribution in [2.75, 3.05) is 11.4 Å². The molecule has 0 saturated carbocycles. The summed E-state index contributed by atoms with van der Waals surface area (Å²) in [6.07, 6.45) is 0. The molecule has 4 heteroatoms. The number of hydrogen-bond acceptors (Lipinski definition) is 2. The molecule has 3 rings (SSSR count). The molecule has 0 fully saturated rings. The van der Waals surface area contributed by atoms with Gasteiger partial charge in [-0.1, -0.05) is 42.5 Å². The van der Waals surface area contributed by atoms with Gasteiger partial charge in [0, 0.05) is 12.2 Å². The van der Waals surface area contributed by atoms with Crippen LogP contribution in [0.3, 0.4) is 0 Å². The first kappa shape index (κ1) is 16.2. The Morgan fingerprint density at radius 3 is 2.50 bits per heavy atom. The first-order chi connectivity index (χ1) is 11.4. The predicted molar refractivity (Wildman–Crippen MR) is 94.8 cm³/mol. The Balaban J connectivity index is 1.71. The van der Waals surface area contributed by atoms with Crippen molar-refractivity contribution in [3.63, 3.8) is 0 Å². The fraction of sp³-hybridized carbons (Fsp3) is 0.300. The van der Waals surface area contributed by atoms with Crippen molar-refractivity contribution in [3.05, 3.63) is 65.2 Å². The number of fused-ring (bicyclic) bond motifs is 1. The molecule has 0 unspecified atom stereocenters. The summed E-state index contributed by atoms with van der Waals surface area (Å²) in [6.45, 7) is 6.34. The monoisotopic (exact) mass is 322 g/mol. The van der Waals surface area contributed by atoms with Crippen molar-refractivity contribution < 1.29 is 9.59 Å². The van der Waals surface area contributed by atoms with E-state index in [2.05, 4.69) is 5.32 Å². The van der Waals surface area contributed by atoms with Crippen LogP contribution in [-0.4, -0.2) is 18.4 Å². The summed E-state index contributed by atoms with van der Waals surface area (Å²) in [6, 6.07) is 15.6. The standard InChI is InChI=1S/C20H22N2O2/c1-14-8-4-5-9-15(14)12-21-18(23)13-22-17-11-7-6-10-16(17)20(2,3)19(22)24/h4-11H,12-13H2,1-3H3,(H,21,23). The predicted octanol–water partition coefficient (Wildman–Crippen LogP) is 2.94. The van der Waals surface area contributed by atoms with Crippen molar-refractivity contribution >= 4 is 17.5 Å². The van der Waals surface area contributed by atoms with Crippen molar-refractivity contribution in [1.29, 1.82) is 0 Å². The Hall–Kier alpha value is -2.62. The van der Waals surface area contributed by atoms with Crippen LogP contribution >= 0.6 is 0 Å². The smallest absolute Gasteiger partial charge is 0.240 e. The summed E-state index contributed by atoms with van der Waals surface area (Å²) < 4.78 is 0. The van der Waals surface area contributed by atoms with Crippen molar-refractivity contribution in [2.24, 2.45) is 0 Å². The zero-order valence-electron chi connectivity index (χ0n) is 14.3. The van der Waals surface area contributed by atoms with E-state index in [-0.39, 0.29) is 18.4 Å². The summed E-state index contributed by atoms with van der Waals surface area (Å²) in [5.74, 6) is -0.186. The SMILES string of the molecule is Cc1ccccc1CNC(=O)CN1C(=O)C(C)(C)c2ccccc21. The topological polar surface area (TPSA) is 49.4 Å². The average molecular weight is 322 g/mol. The average Bonchev–Trinajstić information content (AvgIpc) is 2.76. The number of para-hydroxylation sites is 1. The van der Waals surface area contributed by atoms with Crippen LogP contribution in [0.1, 0.15) is 30.5 Å². The van der Waals surface area contributed by atoms with Gasteiger partial charge in [0.15, 0.2) is 0 Å². The van der Waals surface area contributed by atoms with Gasteiger partial charge in [0.2, 0.25) is 11.8 Å². The molecule has 0 aromatic heterocycles. The van der Waals surface area contributed by atoms with Crippen LogP contribution in [0, 0.1) is 6.92 Å². The molecule has 0 spiro atoms. The second kappa shape index (κ2) is 6.11. The van der Waals surface area contributed by atoms with Gasteiger partial charge in [0.1, 0.15) is 6.54 Å². The third kappa shape index (κ3) is 2.80. The third-order valence-electron chi connectivity index (χ3n) is 4.69. The molecule has 0 saturated heterocycles. The molecular weight excluding hydrogens is 300 g/mol. The lowest BCUT2D eigenvalue weighted by Crippen LogP contribution is -2.42. The Kier molecular flexibility index (Phi) is 4.14. The normalized spacial score (nSPS) is 15.3. The summed E-state index contributed by atoms with van der Waals surface area (Å²) >= 11 is 0. The molecule has 2 amide bonds. The van der Waals surface area contributed by atoms with Gasteiger partial charge < -0.3 is 10.2 Å². The summed E-state index contributed by atoms with van der Waals surface area (Å²) in [7, 11) is 0. The second-order valence-corrected chi connectivity index (χ2v) is 6.74. The van der Waals surface area contributed by atoms with E-state index < -0.39 is 5.41 Å². The van der Waals surface area contributed by atoms with Crippen LogP contribution in [0.25, 0.3) is 0 Å². The number of nitrogens with zero attached hydrogens (tertiary/aromatic N) is 1. The van der Waals surface area contributed by atoms with E-state index in [0.717, 1.165) is 22.4 Å². The molecule has 1 N–H and O–H groups in total. The van der Waals surface area contributed by atoms with Gasteiger partial charge in [-0.2, -0.15) is 0 Å². The fourth-order valence-electron chi connectivity index (χ4n) is 3.16. The molecule has 0 radical (unpaired) electrons. The van der Waals surface area contributed by atoms with E-state index in [9.17, 15) is 9.59 Å². The van der Waals surface area contributed by atoms with Gasteiger partial charge in [-0.3, -0.25) is 9.59 Å². The Labute approximate surface area is 142 Å². The van der Waals surface area contributed by atoms with E-state index in [1.807, 2.05) is 69.3 Å². The van der Waals surface area contributed by atoms with Gasteiger partial charge in [-0.15, -0.1) is 0 Å². The lowest BCUT2D eigenvalue weighted by atomic mass is 9.86. The Bertz CT molecular complexity index is 796. The van der Waals surface area contributed by atoms with E-state index >= 15 is 0 Å². The van der Waals surface area contributed by atoms with E-state index in [4.69, 9.17) is 0 Å². The van der Waals surface area contributed by atoms with Gasteiger partial charge >= 0.3 is 0 Å².